The predicted octanol–water partition coefficient (Wildman–Crippen LogP) is 0.858. The summed E-state index contributed by atoms with van der Waals surface area (Å²) in [6.45, 7) is 4.82. The van der Waals surface area contributed by atoms with Crippen molar-refractivity contribution in [1.29, 1.82) is 0 Å². The first-order chi connectivity index (χ1) is 10.4. The monoisotopic (exact) mass is 309 g/mol. The highest BCUT2D eigenvalue weighted by Gasteiger charge is 2.36. The number of aliphatic hydroxyl groups excluding tert-OH is 1. The summed E-state index contributed by atoms with van der Waals surface area (Å²) in [4.78, 5) is 27.3. The Kier molecular flexibility index (Phi) is 4.70. The van der Waals surface area contributed by atoms with Gasteiger partial charge in [-0.15, -0.1) is 0 Å². The van der Waals surface area contributed by atoms with Crippen LogP contribution < -0.4 is 11.2 Å². The van der Waals surface area contributed by atoms with E-state index in [1.807, 2.05) is 0 Å². The predicted molar refractivity (Wildman–Crippen MR) is 78.6 cm³/mol. The highest BCUT2D eigenvalue weighted by Crippen LogP contribution is 2.29. The quantitative estimate of drug-likeness (QED) is 0.503. The lowest BCUT2D eigenvalue weighted by atomic mass is 10.1. The van der Waals surface area contributed by atoms with Crippen molar-refractivity contribution in [2.45, 2.75) is 51.6 Å². The van der Waals surface area contributed by atoms with E-state index in [0.29, 0.717) is 5.56 Å². The Bertz CT molecular complexity index is 716. The third kappa shape index (κ3) is 2.78. The molecule has 1 fully saturated rings. The number of ether oxygens (including phenoxy) is 1. The second kappa shape index (κ2) is 6.35. The third-order valence-corrected chi connectivity index (χ3v) is 3.73. The largest absolute Gasteiger partial charge is 0.394 e. The van der Waals surface area contributed by atoms with Crippen molar-refractivity contribution in [2.24, 2.45) is 5.11 Å². The lowest BCUT2D eigenvalue weighted by molar-refractivity contribution is -0.0278. The van der Waals surface area contributed by atoms with Gasteiger partial charge < -0.3 is 9.84 Å². The van der Waals surface area contributed by atoms with Crippen molar-refractivity contribution in [3.63, 3.8) is 0 Å². The second-order valence-electron chi connectivity index (χ2n) is 5.59. The standard InChI is InChI=1S/C13H19N5O4/c1-7(2)18-12(20)8(3)5-17(13(18)21)11-4-9(15-16-14)10(6-19)22-11/h5,7,9-11,19H,4,6H2,1-3H3/t9?,10-,11-/m1/s1. The van der Waals surface area contributed by atoms with Crippen molar-refractivity contribution in [3.8, 4) is 0 Å². The first-order valence-corrected chi connectivity index (χ1v) is 7.05. The van der Waals surface area contributed by atoms with E-state index in [-0.39, 0.29) is 24.6 Å². The third-order valence-electron chi connectivity index (χ3n) is 3.73. The molecule has 0 amide bonds. The SMILES string of the molecule is Cc1cn([C@H]2CC(N=[N+]=[N-])[C@@H](CO)O2)c(=O)n(C(C)C)c1=O. The van der Waals surface area contributed by atoms with Gasteiger partial charge in [0.05, 0.1) is 18.8 Å². The Hall–Kier alpha value is -2.09. The summed E-state index contributed by atoms with van der Waals surface area (Å²) in [6.07, 6.45) is 0.378. The molecule has 1 aromatic rings. The zero-order chi connectivity index (χ0) is 16.4. The first kappa shape index (κ1) is 16.3. The number of aromatic nitrogens is 2. The smallest absolute Gasteiger partial charge is 0.333 e. The molecule has 0 saturated carbocycles. The number of aryl methyl sites for hydroxylation is 1. The maximum Gasteiger partial charge on any atom is 0.333 e. The number of azide groups is 1. The van der Waals surface area contributed by atoms with Gasteiger partial charge in [-0.05, 0) is 26.3 Å². The molecule has 9 heteroatoms. The maximum absolute atomic E-state index is 12.5. The molecule has 0 radical (unpaired) electrons. The Balaban J connectivity index is 2.49. The Morgan fingerprint density at radius 1 is 1.55 bits per heavy atom. The average molecular weight is 309 g/mol. The van der Waals surface area contributed by atoms with Crippen molar-refractivity contribution in [3.05, 3.63) is 43.0 Å². The van der Waals surface area contributed by atoms with E-state index < -0.39 is 24.1 Å². The van der Waals surface area contributed by atoms with E-state index in [1.165, 1.54) is 10.8 Å². The fraction of sp³-hybridized carbons (Fsp3) is 0.692. The molecule has 1 aliphatic rings. The van der Waals surface area contributed by atoms with Gasteiger partial charge in [0, 0.05) is 29.1 Å². The minimum absolute atomic E-state index is 0.269. The van der Waals surface area contributed by atoms with Gasteiger partial charge in [-0.2, -0.15) is 0 Å². The zero-order valence-electron chi connectivity index (χ0n) is 12.7. The average Bonchev–Trinajstić information content (AvgIpc) is 2.86. The summed E-state index contributed by atoms with van der Waals surface area (Å²) in [5.74, 6) is 0. The number of nitrogens with zero attached hydrogens (tertiary/aromatic N) is 5. The lowest BCUT2D eigenvalue weighted by Crippen LogP contribution is -2.43. The Labute approximate surface area is 126 Å². The van der Waals surface area contributed by atoms with Gasteiger partial charge in [0.15, 0.2) is 0 Å². The molecule has 1 aromatic heterocycles. The van der Waals surface area contributed by atoms with Crippen LogP contribution in [0.15, 0.2) is 20.9 Å². The molecule has 2 heterocycles. The molecule has 1 aliphatic heterocycles. The van der Waals surface area contributed by atoms with Crippen LogP contribution in [0, 0.1) is 6.92 Å². The summed E-state index contributed by atoms with van der Waals surface area (Å²) in [6, 6.07) is -0.833. The highest BCUT2D eigenvalue weighted by atomic mass is 16.5. The molecule has 1 saturated heterocycles. The summed E-state index contributed by atoms with van der Waals surface area (Å²) in [7, 11) is 0. The number of rotatable bonds is 4. The Morgan fingerprint density at radius 2 is 2.23 bits per heavy atom. The van der Waals surface area contributed by atoms with Gasteiger partial charge >= 0.3 is 5.69 Å². The van der Waals surface area contributed by atoms with Gasteiger partial charge in [-0.25, -0.2) is 4.79 Å². The van der Waals surface area contributed by atoms with Crippen LogP contribution in [0.3, 0.4) is 0 Å². The van der Waals surface area contributed by atoms with E-state index in [4.69, 9.17) is 10.3 Å². The van der Waals surface area contributed by atoms with Crippen LogP contribution in [0.25, 0.3) is 10.4 Å². The van der Waals surface area contributed by atoms with Crippen molar-refractivity contribution >= 4 is 0 Å². The number of aliphatic hydroxyl groups is 1. The van der Waals surface area contributed by atoms with Crippen LogP contribution in [0.4, 0.5) is 0 Å². The van der Waals surface area contributed by atoms with Gasteiger partial charge in [-0.1, -0.05) is 5.11 Å². The second-order valence-corrected chi connectivity index (χ2v) is 5.59. The first-order valence-electron chi connectivity index (χ1n) is 7.05. The van der Waals surface area contributed by atoms with Gasteiger partial charge in [0.2, 0.25) is 0 Å². The van der Waals surface area contributed by atoms with E-state index >= 15 is 0 Å². The molecule has 1 unspecified atom stereocenters. The van der Waals surface area contributed by atoms with Crippen LogP contribution in [0.1, 0.15) is 38.1 Å². The van der Waals surface area contributed by atoms with E-state index in [0.717, 1.165) is 4.57 Å². The van der Waals surface area contributed by atoms with Crippen LogP contribution in [0.2, 0.25) is 0 Å². The highest BCUT2D eigenvalue weighted by molar-refractivity contribution is 5.05. The maximum atomic E-state index is 12.5. The normalized spacial score (nSPS) is 24.5. The molecule has 0 bridgehead atoms. The topological polar surface area (TPSA) is 122 Å². The molecular formula is C13H19N5O4. The van der Waals surface area contributed by atoms with Crippen molar-refractivity contribution in [1.82, 2.24) is 9.13 Å². The van der Waals surface area contributed by atoms with Crippen molar-refractivity contribution in [2.75, 3.05) is 6.61 Å². The van der Waals surface area contributed by atoms with Crippen molar-refractivity contribution < 1.29 is 9.84 Å². The summed E-state index contributed by atoms with van der Waals surface area (Å²) in [5.41, 5.74) is 8.17. The van der Waals surface area contributed by atoms with E-state index in [1.54, 1.807) is 20.8 Å². The van der Waals surface area contributed by atoms with E-state index in [9.17, 15) is 14.7 Å². The van der Waals surface area contributed by atoms with Crippen LogP contribution >= 0.6 is 0 Å². The van der Waals surface area contributed by atoms with E-state index in [2.05, 4.69) is 10.0 Å². The molecule has 0 aromatic carbocycles. The Morgan fingerprint density at radius 3 is 2.77 bits per heavy atom. The fourth-order valence-electron chi connectivity index (χ4n) is 2.62. The number of hydrogen-bond acceptors (Lipinski definition) is 5. The summed E-state index contributed by atoms with van der Waals surface area (Å²) < 4.78 is 8.09. The summed E-state index contributed by atoms with van der Waals surface area (Å²) >= 11 is 0. The summed E-state index contributed by atoms with van der Waals surface area (Å²) in [5, 5.41) is 12.9. The molecule has 9 nitrogen and oxygen atoms in total. The molecule has 0 aliphatic carbocycles. The molecule has 2 rings (SSSR count). The van der Waals surface area contributed by atoms with Gasteiger partial charge in [0.1, 0.15) is 6.23 Å². The molecular weight excluding hydrogens is 290 g/mol. The number of hydrogen-bond donors (Lipinski definition) is 1. The molecule has 120 valence electrons. The van der Waals surface area contributed by atoms with Crippen LogP contribution in [-0.2, 0) is 4.74 Å². The van der Waals surface area contributed by atoms with Crippen LogP contribution in [0.5, 0.6) is 0 Å². The minimum Gasteiger partial charge on any atom is -0.394 e. The zero-order valence-corrected chi connectivity index (χ0v) is 12.7. The molecule has 3 atom stereocenters. The molecule has 22 heavy (non-hydrogen) atoms. The molecule has 0 spiro atoms. The minimum atomic E-state index is -0.676. The van der Waals surface area contributed by atoms with Crippen LogP contribution in [-0.4, -0.2) is 33.0 Å². The molecule has 1 N–H and O–H groups in total. The van der Waals surface area contributed by atoms with Gasteiger partial charge in [0.25, 0.3) is 5.56 Å². The lowest BCUT2D eigenvalue weighted by Gasteiger charge is -2.19. The fourth-order valence-corrected chi connectivity index (χ4v) is 2.62. The van der Waals surface area contributed by atoms with Gasteiger partial charge in [-0.3, -0.25) is 13.9 Å².